The van der Waals surface area contributed by atoms with E-state index in [-0.39, 0.29) is 17.6 Å². The summed E-state index contributed by atoms with van der Waals surface area (Å²) in [5.41, 5.74) is 4.24. The highest BCUT2D eigenvalue weighted by Gasteiger charge is 2.44. The van der Waals surface area contributed by atoms with E-state index in [9.17, 15) is 9.18 Å². The van der Waals surface area contributed by atoms with Gasteiger partial charge in [-0.25, -0.2) is 9.37 Å². The SMILES string of the molecule is Cc1ccc(-c2ccc3c(n2)Oc2ccccc2[C@@H]3C(C)(C)C(=O)Nc2nncs2)cc1F. The Morgan fingerprint density at radius 3 is 2.70 bits per heavy atom. The number of carbonyl (C=O) groups excluding carboxylic acids is 1. The number of nitrogens with one attached hydrogen (secondary N) is 1. The van der Waals surface area contributed by atoms with Gasteiger partial charge >= 0.3 is 0 Å². The molecule has 2 aromatic carbocycles. The van der Waals surface area contributed by atoms with Gasteiger partial charge in [-0.2, -0.15) is 0 Å². The summed E-state index contributed by atoms with van der Waals surface area (Å²) in [6.45, 7) is 5.51. The van der Waals surface area contributed by atoms with E-state index in [4.69, 9.17) is 9.72 Å². The second kappa shape index (κ2) is 8.04. The highest BCUT2D eigenvalue weighted by Crippen LogP contribution is 2.52. The number of para-hydroxylation sites is 1. The molecule has 1 N–H and O–H groups in total. The molecule has 2 aromatic heterocycles. The molecule has 0 fully saturated rings. The van der Waals surface area contributed by atoms with E-state index in [1.165, 1.54) is 17.4 Å². The Hall–Kier alpha value is -3.65. The lowest BCUT2D eigenvalue weighted by molar-refractivity contribution is -0.124. The van der Waals surface area contributed by atoms with Crippen LogP contribution >= 0.6 is 11.3 Å². The number of aryl methyl sites for hydroxylation is 1. The number of ether oxygens (including phenoxy) is 1. The quantitative estimate of drug-likeness (QED) is 0.407. The zero-order valence-corrected chi connectivity index (χ0v) is 19.1. The van der Waals surface area contributed by atoms with Crippen LogP contribution in [0.1, 0.15) is 36.5 Å². The van der Waals surface area contributed by atoms with Crippen molar-refractivity contribution in [1.82, 2.24) is 15.2 Å². The van der Waals surface area contributed by atoms with Gasteiger partial charge in [0.05, 0.1) is 11.1 Å². The molecule has 0 bridgehead atoms. The van der Waals surface area contributed by atoms with Crippen LogP contribution in [-0.4, -0.2) is 21.1 Å². The van der Waals surface area contributed by atoms with Gasteiger partial charge in [-0.05, 0) is 30.7 Å². The minimum absolute atomic E-state index is 0.184. The number of anilines is 1. The Balaban J connectivity index is 1.59. The third-order valence-electron chi connectivity index (χ3n) is 5.99. The second-order valence-electron chi connectivity index (χ2n) is 8.55. The molecular formula is C25H21FN4O2S. The lowest BCUT2D eigenvalue weighted by Gasteiger charge is -2.37. The third kappa shape index (κ3) is 3.76. The predicted molar refractivity (Wildman–Crippen MR) is 125 cm³/mol. The number of benzene rings is 2. The molecule has 0 spiro atoms. The normalized spacial score (nSPS) is 14.7. The first kappa shape index (κ1) is 21.2. The van der Waals surface area contributed by atoms with E-state index in [1.54, 1.807) is 18.5 Å². The van der Waals surface area contributed by atoms with Crippen LogP contribution in [0.15, 0.2) is 60.1 Å². The summed E-state index contributed by atoms with van der Waals surface area (Å²) in [5.74, 6) is 0.268. The summed E-state index contributed by atoms with van der Waals surface area (Å²) in [6, 6.07) is 16.4. The Labute approximate surface area is 194 Å². The first-order chi connectivity index (χ1) is 15.8. The lowest BCUT2D eigenvalue weighted by atomic mass is 9.69. The first-order valence-corrected chi connectivity index (χ1v) is 11.3. The van der Waals surface area contributed by atoms with E-state index in [1.807, 2.05) is 56.3 Å². The predicted octanol–water partition coefficient (Wildman–Crippen LogP) is 5.95. The molecule has 6 nitrogen and oxygen atoms in total. The topological polar surface area (TPSA) is 77.0 Å². The van der Waals surface area contributed by atoms with Crippen LogP contribution in [0.4, 0.5) is 9.52 Å². The summed E-state index contributed by atoms with van der Waals surface area (Å²) < 4.78 is 20.3. The average molecular weight is 461 g/mol. The first-order valence-electron chi connectivity index (χ1n) is 10.5. The molecule has 1 atom stereocenters. The standard InChI is InChI=1S/C25H21FN4O2S/c1-14-8-9-15(12-18(14)26)19-11-10-17-21(16-6-4-5-7-20(16)32-22(17)28-19)25(2,3)23(31)29-24-30-27-13-33-24/h4-13,21H,1-3H3,(H,29,30,31)/t21-/m0/s1. The van der Waals surface area contributed by atoms with Gasteiger partial charge in [0.1, 0.15) is 17.1 Å². The van der Waals surface area contributed by atoms with E-state index in [0.717, 1.165) is 11.1 Å². The van der Waals surface area contributed by atoms with Crippen molar-refractivity contribution in [3.8, 4) is 22.9 Å². The fourth-order valence-corrected chi connectivity index (χ4v) is 4.58. The number of pyridine rings is 1. The number of hydrogen-bond acceptors (Lipinski definition) is 6. The largest absolute Gasteiger partial charge is 0.438 e. The molecule has 166 valence electrons. The number of halogens is 1. The summed E-state index contributed by atoms with van der Waals surface area (Å²) in [5, 5.41) is 11.0. The monoisotopic (exact) mass is 460 g/mol. The van der Waals surface area contributed by atoms with Crippen molar-refractivity contribution < 1.29 is 13.9 Å². The molecule has 3 heterocycles. The Kier molecular flexibility index (Phi) is 5.17. The molecule has 0 saturated heterocycles. The zero-order valence-electron chi connectivity index (χ0n) is 18.3. The Morgan fingerprint density at radius 2 is 1.94 bits per heavy atom. The van der Waals surface area contributed by atoms with Crippen LogP contribution in [0.5, 0.6) is 11.6 Å². The molecule has 5 rings (SSSR count). The van der Waals surface area contributed by atoms with Crippen molar-refractivity contribution in [2.24, 2.45) is 5.41 Å². The van der Waals surface area contributed by atoms with Crippen LogP contribution in [0.3, 0.4) is 0 Å². The van der Waals surface area contributed by atoms with Crippen LogP contribution < -0.4 is 10.1 Å². The fraction of sp³-hybridized carbons (Fsp3) is 0.200. The summed E-state index contributed by atoms with van der Waals surface area (Å²) in [4.78, 5) is 18.0. The number of aromatic nitrogens is 3. The smallest absolute Gasteiger partial charge is 0.232 e. The van der Waals surface area contributed by atoms with Crippen molar-refractivity contribution in [2.45, 2.75) is 26.7 Å². The van der Waals surface area contributed by atoms with E-state index < -0.39 is 5.41 Å². The highest BCUT2D eigenvalue weighted by atomic mass is 32.1. The maximum atomic E-state index is 14.2. The molecule has 0 radical (unpaired) electrons. The number of nitrogens with zero attached hydrogens (tertiary/aromatic N) is 3. The number of rotatable bonds is 4. The molecule has 1 aliphatic rings. The van der Waals surface area contributed by atoms with Gasteiger partial charge in [-0.1, -0.05) is 61.6 Å². The van der Waals surface area contributed by atoms with Crippen LogP contribution in [0.25, 0.3) is 11.3 Å². The highest BCUT2D eigenvalue weighted by molar-refractivity contribution is 7.13. The second-order valence-corrected chi connectivity index (χ2v) is 9.38. The molecule has 8 heteroatoms. The van der Waals surface area contributed by atoms with E-state index in [2.05, 4.69) is 15.5 Å². The molecule has 1 aliphatic heterocycles. The molecule has 0 aliphatic carbocycles. The maximum Gasteiger partial charge on any atom is 0.232 e. The third-order valence-corrected chi connectivity index (χ3v) is 6.60. The van der Waals surface area contributed by atoms with Gasteiger partial charge in [0.25, 0.3) is 0 Å². The summed E-state index contributed by atoms with van der Waals surface area (Å²) >= 11 is 1.27. The fourth-order valence-electron chi connectivity index (χ4n) is 4.14. The minimum atomic E-state index is -0.862. The number of amides is 1. The van der Waals surface area contributed by atoms with Crippen molar-refractivity contribution in [2.75, 3.05) is 5.32 Å². The summed E-state index contributed by atoms with van der Waals surface area (Å²) in [6.07, 6.45) is 0. The van der Waals surface area contributed by atoms with Crippen molar-refractivity contribution in [3.05, 3.63) is 82.6 Å². The lowest BCUT2D eigenvalue weighted by Crippen LogP contribution is -2.38. The maximum absolute atomic E-state index is 14.2. The van der Waals surface area contributed by atoms with Gasteiger partial charge in [-0.15, -0.1) is 10.2 Å². The Bertz CT molecular complexity index is 1350. The average Bonchev–Trinajstić information content (AvgIpc) is 3.31. The number of hydrogen-bond donors (Lipinski definition) is 1. The molecule has 0 unspecified atom stereocenters. The van der Waals surface area contributed by atoms with Crippen molar-refractivity contribution in [3.63, 3.8) is 0 Å². The van der Waals surface area contributed by atoms with E-state index in [0.29, 0.717) is 33.6 Å². The molecule has 1 amide bonds. The summed E-state index contributed by atoms with van der Waals surface area (Å²) in [7, 11) is 0. The van der Waals surface area contributed by atoms with E-state index >= 15 is 0 Å². The van der Waals surface area contributed by atoms with Gasteiger partial charge in [0.15, 0.2) is 0 Å². The molecular weight excluding hydrogens is 439 g/mol. The van der Waals surface area contributed by atoms with Crippen LogP contribution in [0.2, 0.25) is 0 Å². The van der Waals surface area contributed by atoms with Gasteiger partial charge in [-0.3, -0.25) is 4.79 Å². The van der Waals surface area contributed by atoms with Crippen LogP contribution in [-0.2, 0) is 4.79 Å². The molecule has 0 saturated carbocycles. The number of fused-ring (bicyclic) bond motifs is 2. The van der Waals surface area contributed by atoms with Gasteiger partial charge < -0.3 is 10.1 Å². The van der Waals surface area contributed by atoms with Crippen molar-refractivity contribution in [1.29, 1.82) is 0 Å². The molecule has 33 heavy (non-hydrogen) atoms. The number of carbonyl (C=O) groups is 1. The zero-order chi connectivity index (χ0) is 23.2. The van der Waals surface area contributed by atoms with Gasteiger partial charge in [0.2, 0.25) is 16.9 Å². The molecule has 4 aromatic rings. The van der Waals surface area contributed by atoms with Crippen molar-refractivity contribution >= 4 is 22.4 Å². The van der Waals surface area contributed by atoms with Crippen LogP contribution in [0, 0.1) is 18.2 Å². The van der Waals surface area contributed by atoms with Gasteiger partial charge in [0, 0.05) is 22.6 Å². The Morgan fingerprint density at radius 1 is 1.12 bits per heavy atom. The minimum Gasteiger partial charge on any atom is -0.438 e.